The van der Waals surface area contributed by atoms with Crippen LogP contribution < -0.4 is 0 Å². The van der Waals surface area contributed by atoms with Gasteiger partial charge >= 0.3 is 0 Å². The van der Waals surface area contributed by atoms with Crippen molar-refractivity contribution in [2.45, 2.75) is 6.04 Å². The normalized spacial score (nSPS) is 20.4. The lowest BCUT2D eigenvalue weighted by Crippen LogP contribution is -2.39. The Kier molecular flexibility index (Phi) is 3.73. The van der Waals surface area contributed by atoms with E-state index >= 15 is 0 Å². The Morgan fingerprint density at radius 1 is 1.41 bits per heavy atom. The van der Waals surface area contributed by atoms with Gasteiger partial charge in [0.05, 0.1) is 19.3 Å². The van der Waals surface area contributed by atoms with E-state index in [0.717, 1.165) is 0 Å². The standard InChI is InChI=1S/C11H10BrF2NO2/c12-7-3-8(13)11(9(14)4-7)10-5-17-2-1-15(10)6-16/h3-4,6,10H,1-2,5H2/t10-/m0/s1. The van der Waals surface area contributed by atoms with E-state index in [1.54, 1.807) is 0 Å². The molecule has 0 unspecified atom stereocenters. The second kappa shape index (κ2) is 5.10. The zero-order valence-electron chi connectivity index (χ0n) is 8.83. The van der Waals surface area contributed by atoms with Crippen molar-refractivity contribution in [1.29, 1.82) is 0 Å². The number of amides is 1. The molecule has 0 radical (unpaired) electrons. The Labute approximate surface area is 105 Å². The average Bonchev–Trinajstić information content (AvgIpc) is 2.28. The first-order valence-electron chi connectivity index (χ1n) is 5.06. The predicted molar refractivity (Wildman–Crippen MR) is 60.4 cm³/mol. The summed E-state index contributed by atoms with van der Waals surface area (Å²) >= 11 is 3.01. The molecule has 0 spiro atoms. The molecule has 0 saturated carbocycles. The Balaban J connectivity index is 2.41. The molecule has 6 heteroatoms. The van der Waals surface area contributed by atoms with Crippen LogP contribution >= 0.6 is 15.9 Å². The highest BCUT2D eigenvalue weighted by molar-refractivity contribution is 9.10. The van der Waals surface area contributed by atoms with E-state index in [-0.39, 0.29) is 12.2 Å². The van der Waals surface area contributed by atoms with Gasteiger partial charge in [-0.15, -0.1) is 0 Å². The fourth-order valence-corrected chi connectivity index (χ4v) is 2.27. The molecule has 1 atom stereocenters. The van der Waals surface area contributed by atoms with E-state index in [1.807, 2.05) is 0 Å². The minimum absolute atomic E-state index is 0.105. The average molecular weight is 306 g/mol. The highest BCUT2D eigenvalue weighted by atomic mass is 79.9. The number of morpholine rings is 1. The first-order valence-corrected chi connectivity index (χ1v) is 5.86. The Hall–Kier alpha value is -1.01. The summed E-state index contributed by atoms with van der Waals surface area (Å²) in [7, 11) is 0. The number of halogens is 3. The Morgan fingerprint density at radius 2 is 2.06 bits per heavy atom. The molecular formula is C11H10BrF2NO2. The zero-order valence-corrected chi connectivity index (χ0v) is 10.4. The van der Waals surface area contributed by atoms with E-state index in [0.29, 0.717) is 24.0 Å². The smallest absolute Gasteiger partial charge is 0.210 e. The quantitative estimate of drug-likeness (QED) is 0.785. The van der Waals surface area contributed by atoms with Gasteiger partial charge < -0.3 is 9.64 Å². The van der Waals surface area contributed by atoms with Gasteiger partial charge in [0.25, 0.3) is 0 Å². The van der Waals surface area contributed by atoms with E-state index in [1.165, 1.54) is 17.0 Å². The van der Waals surface area contributed by atoms with Gasteiger partial charge in [-0.1, -0.05) is 15.9 Å². The number of hydrogen-bond donors (Lipinski definition) is 0. The van der Waals surface area contributed by atoms with Crippen molar-refractivity contribution in [2.75, 3.05) is 19.8 Å². The van der Waals surface area contributed by atoms with Crippen LogP contribution in [0.25, 0.3) is 0 Å². The summed E-state index contributed by atoms with van der Waals surface area (Å²) in [6.45, 7) is 0.826. The van der Waals surface area contributed by atoms with E-state index in [9.17, 15) is 13.6 Å². The van der Waals surface area contributed by atoms with Crippen molar-refractivity contribution in [2.24, 2.45) is 0 Å². The lowest BCUT2D eigenvalue weighted by atomic mass is 10.0. The van der Waals surface area contributed by atoms with Gasteiger partial charge in [-0.25, -0.2) is 8.78 Å². The van der Waals surface area contributed by atoms with E-state index < -0.39 is 17.7 Å². The summed E-state index contributed by atoms with van der Waals surface area (Å²) < 4.78 is 33.0. The summed E-state index contributed by atoms with van der Waals surface area (Å²) in [5, 5.41) is 0. The molecule has 0 aromatic heterocycles. The van der Waals surface area contributed by atoms with Gasteiger partial charge in [-0.2, -0.15) is 0 Å². The number of carbonyl (C=O) groups is 1. The molecule has 1 saturated heterocycles. The van der Waals surface area contributed by atoms with Crippen molar-refractivity contribution in [1.82, 2.24) is 4.90 Å². The van der Waals surface area contributed by atoms with Gasteiger partial charge in [0.2, 0.25) is 6.41 Å². The first-order chi connectivity index (χ1) is 8.13. The van der Waals surface area contributed by atoms with Crippen molar-refractivity contribution in [3.05, 3.63) is 33.8 Å². The fourth-order valence-electron chi connectivity index (χ4n) is 1.86. The maximum atomic E-state index is 13.7. The molecule has 1 aromatic rings. The second-order valence-electron chi connectivity index (χ2n) is 3.72. The van der Waals surface area contributed by atoms with Gasteiger partial charge in [0, 0.05) is 16.6 Å². The monoisotopic (exact) mass is 305 g/mol. The number of hydrogen-bond acceptors (Lipinski definition) is 2. The Morgan fingerprint density at radius 3 is 2.65 bits per heavy atom. The van der Waals surface area contributed by atoms with Crippen LogP contribution in [-0.4, -0.2) is 31.1 Å². The van der Waals surface area contributed by atoms with Gasteiger partial charge in [-0.3, -0.25) is 4.79 Å². The number of carbonyl (C=O) groups excluding carboxylic acids is 1. The second-order valence-corrected chi connectivity index (χ2v) is 4.63. The number of nitrogens with zero attached hydrogens (tertiary/aromatic N) is 1. The van der Waals surface area contributed by atoms with Gasteiger partial charge in [-0.05, 0) is 12.1 Å². The third-order valence-corrected chi connectivity index (χ3v) is 3.14. The molecule has 1 fully saturated rings. The van der Waals surface area contributed by atoms with Crippen molar-refractivity contribution in [3.63, 3.8) is 0 Å². The van der Waals surface area contributed by atoms with Gasteiger partial charge in [0.15, 0.2) is 0 Å². The van der Waals surface area contributed by atoms with Crippen LogP contribution in [0.5, 0.6) is 0 Å². The molecule has 1 heterocycles. The summed E-state index contributed by atoms with van der Waals surface area (Å²) in [5.41, 5.74) is -0.125. The summed E-state index contributed by atoms with van der Waals surface area (Å²) in [6.07, 6.45) is 0.591. The lowest BCUT2D eigenvalue weighted by molar-refractivity contribution is -0.126. The molecule has 1 aliphatic heterocycles. The molecule has 0 N–H and O–H groups in total. The summed E-state index contributed by atoms with van der Waals surface area (Å²) in [6, 6.07) is 1.65. The lowest BCUT2D eigenvalue weighted by Gasteiger charge is -2.33. The third kappa shape index (κ3) is 2.47. The minimum Gasteiger partial charge on any atom is -0.377 e. The van der Waals surface area contributed by atoms with Crippen LogP contribution in [-0.2, 0) is 9.53 Å². The molecule has 17 heavy (non-hydrogen) atoms. The predicted octanol–water partition coefficient (Wildman–Crippen LogP) is 2.26. The maximum Gasteiger partial charge on any atom is 0.210 e. The molecule has 1 amide bonds. The molecule has 0 bridgehead atoms. The van der Waals surface area contributed by atoms with Crippen LogP contribution in [0.15, 0.2) is 16.6 Å². The fraction of sp³-hybridized carbons (Fsp3) is 0.364. The molecule has 92 valence electrons. The molecular weight excluding hydrogens is 296 g/mol. The Bertz CT molecular complexity index is 418. The third-order valence-electron chi connectivity index (χ3n) is 2.68. The van der Waals surface area contributed by atoms with Crippen LogP contribution in [0.1, 0.15) is 11.6 Å². The topological polar surface area (TPSA) is 29.5 Å². The van der Waals surface area contributed by atoms with Crippen LogP contribution in [0.3, 0.4) is 0 Å². The SMILES string of the molecule is O=CN1CCOC[C@H]1c1c(F)cc(Br)cc1F. The number of benzene rings is 1. The highest BCUT2D eigenvalue weighted by Crippen LogP contribution is 2.29. The largest absolute Gasteiger partial charge is 0.377 e. The first kappa shape index (κ1) is 12.4. The molecule has 1 aromatic carbocycles. The van der Waals surface area contributed by atoms with E-state index in [2.05, 4.69) is 15.9 Å². The molecule has 0 aliphatic carbocycles. The summed E-state index contributed by atoms with van der Waals surface area (Å²) in [5.74, 6) is -1.36. The molecule has 3 nitrogen and oxygen atoms in total. The van der Waals surface area contributed by atoms with Crippen LogP contribution in [0.4, 0.5) is 8.78 Å². The van der Waals surface area contributed by atoms with E-state index in [4.69, 9.17) is 4.74 Å². The molecule has 1 aliphatic rings. The van der Waals surface area contributed by atoms with Crippen LogP contribution in [0.2, 0.25) is 0 Å². The van der Waals surface area contributed by atoms with Crippen molar-refractivity contribution >= 4 is 22.3 Å². The van der Waals surface area contributed by atoms with Crippen molar-refractivity contribution in [3.8, 4) is 0 Å². The van der Waals surface area contributed by atoms with Crippen LogP contribution in [0, 0.1) is 11.6 Å². The molecule has 2 rings (SSSR count). The van der Waals surface area contributed by atoms with Crippen molar-refractivity contribution < 1.29 is 18.3 Å². The zero-order chi connectivity index (χ0) is 12.4. The van der Waals surface area contributed by atoms with Gasteiger partial charge in [0.1, 0.15) is 11.6 Å². The number of ether oxygens (including phenoxy) is 1. The summed E-state index contributed by atoms with van der Waals surface area (Å²) in [4.78, 5) is 12.2. The minimum atomic E-state index is -0.700. The maximum absolute atomic E-state index is 13.7. The highest BCUT2D eigenvalue weighted by Gasteiger charge is 2.28. The number of rotatable bonds is 2.